The summed E-state index contributed by atoms with van der Waals surface area (Å²) in [4.78, 5) is 4.13. The van der Waals surface area contributed by atoms with Crippen molar-refractivity contribution >= 4 is 27.5 Å². The predicted molar refractivity (Wildman–Crippen MR) is 61.4 cm³/mol. The summed E-state index contributed by atoms with van der Waals surface area (Å²) >= 11 is 9.16. The molecule has 0 saturated carbocycles. The van der Waals surface area contributed by atoms with Crippen molar-refractivity contribution in [1.82, 2.24) is 4.98 Å². The summed E-state index contributed by atoms with van der Waals surface area (Å²) < 4.78 is 11.8. The molecule has 82 valence electrons. The van der Waals surface area contributed by atoms with Crippen LogP contribution in [0.25, 0.3) is 0 Å². The first-order chi connectivity index (χ1) is 7.25. The molecular formula is C10H11BrClNO2. The summed E-state index contributed by atoms with van der Waals surface area (Å²) in [6.07, 6.45) is 3.61. The molecule has 15 heavy (non-hydrogen) atoms. The van der Waals surface area contributed by atoms with Crippen LogP contribution in [0.1, 0.15) is 12.8 Å². The van der Waals surface area contributed by atoms with Crippen molar-refractivity contribution in [1.29, 1.82) is 0 Å². The first-order valence-electron chi connectivity index (χ1n) is 4.81. The highest BCUT2D eigenvalue weighted by Crippen LogP contribution is 2.27. The number of aromatic nitrogens is 1. The standard InChI is InChI=1S/C10H11BrClNO2/c11-9-5-7(12)6-13-10(9)15-8-1-3-14-4-2-8/h5-6,8H,1-4H2. The van der Waals surface area contributed by atoms with Crippen molar-refractivity contribution < 1.29 is 9.47 Å². The van der Waals surface area contributed by atoms with Crippen molar-refractivity contribution in [3.05, 3.63) is 21.8 Å². The molecule has 1 fully saturated rings. The maximum Gasteiger partial charge on any atom is 0.228 e. The van der Waals surface area contributed by atoms with Crippen LogP contribution < -0.4 is 4.74 Å². The van der Waals surface area contributed by atoms with Crippen LogP contribution in [-0.4, -0.2) is 24.3 Å². The lowest BCUT2D eigenvalue weighted by Gasteiger charge is -2.23. The molecule has 2 rings (SSSR count). The van der Waals surface area contributed by atoms with Gasteiger partial charge in [0.05, 0.1) is 22.7 Å². The molecule has 0 N–H and O–H groups in total. The van der Waals surface area contributed by atoms with Crippen LogP contribution in [0.3, 0.4) is 0 Å². The number of pyridine rings is 1. The summed E-state index contributed by atoms with van der Waals surface area (Å²) in [5, 5.41) is 0.598. The van der Waals surface area contributed by atoms with Crippen molar-refractivity contribution in [2.24, 2.45) is 0 Å². The minimum absolute atomic E-state index is 0.198. The van der Waals surface area contributed by atoms with E-state index in [2.05, 4.69) is 20.9 Å². The van der Waals surface area contributed by atoms with Crippen LogP contribution in [0.15, 0.2) is 16.7 Å². The van der Waals surface area contributed by atoms with Crippen LogP contribution in [0.5, 0.6) is 5.88 Å². The van der Waals surface area contributed by atoms with Crippen molar-refractivity contribution in [3.8, 4) is 5.88 Å². The van der Waals surface area contributed by atoms with E-state index in [1.807, 2.05) is 0 Å². The molecule has 0 atom stereocenters. The van der Waals surface area contributed by atoms with E-state index in [4.69, 9.17) is 21.1 Å². The Balaban J connectivity index is 2.03. The molecule has 2 heterocycles. The van der Waals surface area contributed by atoms with Crippen LogP contribution >= 0.6 is 27.5 Å². The van der Waals surface area contributed by atoms with E-state index in [0.29, 0.717) is 10.9 Å². The Bertz CT molecular complexity index is 342. The average Bonchev–Trinajstić information content (AvgIpc) is 2.24. The van der Waals surface area contributed by atoms with Gasteiger partial charge in [0.25, 0.3) is 0 Å². The van der Waals surface area contributed by atoms with Gasteiger partial charge in [-0.25, -0.2) is 4.98 Å². The fourth-order valence-electron chi connectivity index (χ4n) is 1.44. The number of hydrogen-bond acceptors (Lipinski definition) is 3. The lowest BCUT2D eigenvalue weighted by Crippen LogP contribution is -2.26. The highest BCUT2D eigenvalue weighted by atomic mass is 79.9. The monoisotopic (exact) mass is 291 g/mol. The molecule has 5 heteroatoms. The molecule has 1 aliphatic rings. The first kappa shape index (κ1) is 11.2. The molecule has 0 bridgehead atoms. The Hall–Kier alpha value is -0.320. The Kier molecular flexibility index (Phi) is 3.83. The van der Waals surface area contributed by atoms with E-state index in [0.717, 1.165) is 30.5 Å². The van der Waals surface area contributed by atoms with E-state index < -0.39 is 0 Å². The smallest absolute Gasteiger partial charge is 0.228 e. The van der Waals surface area contributed by atoms with Gasteiger partial charge in [0, 0.05) is 19.0 Å². The Morgan fingerprint density at radius 3 is 2.87 bits per heavy atom. The largest absolute Gasteiger partial charge is 0.473 e. The molecule has 1 aromatic heterocycles. The van der Waals surface area contributed by atoms with Gasteiger partial charge < -0.3 is 9.47 Å². The highest BCUT2D eigenvalue weighted by Gasteiger charge is 2.17. The molecular weight excluding hydrogens is 281 g/mol. The summed E-state index contributed by atoms with van der Waals surface area (Å²) in [5.74, 6) is 0.603. The van der Waals surface area contributed by atoms with Gasteiger partial charge in [-0.2, -0.15) is 0 Å². The SMILES string of the molecule is Clc1cnc(OC2CCOCC2)c(Br)c1. The lowest BCUT2D eigenvalue weighted by atomic mass is 10.2. The van der Waals surface area contributed by atoms with Crippen LogP contribution in [0.4, 0.5) is 0 Å². The molecule has 0 radical (unpaired) electrons. The molecule has 3 nitrogen and oxygen atoms in total. The first-order valence-corrected chi connectivity index (χ1v) is 5.98. The van der Waals surface area contributed by atoms with Gasteiger partial charge in [0.1, 0.15) is 6.10 Å². The van der Waals surface area contributed by atoms with Crippen molar-refractivity contribution in [2.45, 2.75) is 18.9 Å². The highest BCUT2D eigenvalue weighted by molar-refractivity contribution is 9.10. The van der Waals surface area contributed by atoms with E-state index >= 15 is 0 Å². The van der Waals surface area contributed by atoms with E-state index in [-0.39, 0.29) is 6.10 Å². The van der Waals surface area contributed by atoms with Gasteiger partial charge in [-0.15, -0.1) is 0 Å². The molecule has 1 saturated heterocycles. The van der Waals surface area contributed by atoms with Gasteiger partial charge in [-0.3, -0.25) is 0 Å². The normalized spacial score (nSPS) is 17.7. The van der Waals surface area contributed by atoms with Crippen LogP contribution in [0.2, 0.25) is 5.02 Å². The topological polar surface area (TPSA) is 31.4 Å². The van der Waals surface area contributed by atoms with Crippen molar-refractivity contribution in [3.63, 3.8) is 0 Å². The Morgan fingerprint density at radius 2 is 2.20 bits per heavy atom. The number of halogens is 2. The van der Waals surface area contributed by atoms with E-state index in [1.165, 1.54) is 0 Å². The van der Waals surface area contributed by atoms with Crippen molar-refractivity contribution in [2.75, 3.05) is 13.2 Å². The molecule has 0 aromatic carbocycles. The quantitative estimate of drug-likeness (QED) is 0.839. The number of hydrogen-bond donors (Lipinski definition) is 0. The minimum Gasteiger partial charge on any atom is -0.473 e. The maximum absolute atomic E-state index is 5.79. The van der Waals surface area contributed by atoms with Gasteiger partial charge >= 0.3 is 0 Å². The zero-order chi connectivity index (χ0) is 10.7. The van der Waals surface area contributed by atoms with Gasteiger partial charge in [0.2, 0.25) is 5.88 Å². The number of ether oxygens (including phenoxy) is 2. The Morgan fingerprint density at radius 1 is 1.47 bits per heavy atom. The molecule has 1 aromatic rings. The molecule has 1 aliphatic heterocycles. The lowest BCUT2D eigenvalue weighted by molar-refractivity contribution is 0.0234. The van der Waals surface area contributed by atoms with Crippen LogP contribution in [-0.2, 0) is 4.74 Å². The second-order valence-electron chi connectivity index (χ2n) is 3.37. The third-order valence-electron chi connectivity index (χ3n) is 2.22. The number of nitrogens with zero attached hydrogens (tertiary/aromatic N) is 1. The van der Waals surface area contributed by atoms with Gasteiger partial charge in [0.15, 0.2) is 0 Å². The van der Waals surface area contributed by atoms with Gasteiger partial charge in [-0.1, -0.05) is 11.6 Å². The third kappa shape index (κ3) is 3.06. The summed E-state index contributed by atoms with van der Waals surface area (Å²) in [6.45, 7) is 1.52. The third-order valence-corrected chi connectivity index (χ3v) is 3.00. The second-order valence-corrected chi connectivity index (χ2v) is 4.66. The molecule has 0 aliphatic carbocycles. The van der Waals surface area contributed by atoms with Crippen LogP contribution in [0, 0.1) is 0 Å². The zero-order valence-corrected chi connectivity index (χ0v) is 10.4. The molecule has 0 spiro atoms. The second kappa shape index (κ2) is 5.14. The van der Waals surface area contributed by atoms with E-state index in [9.17, 15) is 0 Å². The van der Waals surface area contributed by atoms with Gasteiger partial charge in [-0.05, 0) is 22.0 Å². The predicted octanol–water partition coefficient (Wildman–Crippen LogP) is 3.06. The fraction of sp³-hybridized carbons (Fsp3) is 0.500. The fourth-order valence-corrected chi connectivity index (χ4v) is 2.17. The summed E-state index contributed by atoms with van der Waals surface area (Å²) in [7, 11) is 0. The maximum atomic E-state index is 5.79. The molecule has 0 unspecified atom stereocenters. The minimum atomic E-state index is 0.198. The summed E-state index contributed by atoms with van der Waals surface area (Å²) in [5.41, 5.74) is 0. The average molecular weight is 293 g/mol. The number of rotatable bonds is 2. The van der Waals surface area contributed by atoms with E-state index in [1.54, 1.807) is 12.3 Å². The zero-order valence-electron chi connectivity index (χ0n) is 8.08. The molecule has 0 amide bonds. The summed E-state index contributed by atoms with van der Waals surface area (Å²) in [6, 6.07) is 1.78. The Labute approximate surface area is 102 Å².